The van der Waals surface area contributed by atoms with Crippen molar-refractivity contribution < 1.29 is 4.79 Å². The van der Waals surface area contributed by atoms with Crippen molar-refractivity contribution in [2.75, 3.05) is 32.7 Å². The molecule has 1 aromatic heterocycles. The lowest BCUT2D eigenvalue weighted by Crippen LogP contribution is -2.47. The van der Waals surface area contributed by atoms with Crippen molar-refractivity contribution in [2.45, 2.75) is 44.7 Å². The van der Waals surface area contributed by atoms with Gasteiger partial charge in [0.1, 0.15) is 0 Å². The van der Waals surface area contributed by atoms with Gasteiger partial charge in [-0.25, -0.2) is 0 Å². The summed E-state index contributed by atoms with van der Waals surface area (Å²) in [4.78, 5) is 18.4. The molecule has 23 heavy (non-hydrogen) atoms. The number of carbonyl (C=O) groups excluding carboxylic acids is 1. The minimum atomic E-state index is 0.311. The van der Waals surface area contributed by atoms with Gasteiger partial charge in [-0.15, -0.1) is 11.3 Å². The van der Waals surface area contributed by atoms with Gasteiger partial charge in [0.25, 0.3) is 0 Å². The highest BCUT2D eigenvalue weighted by molar-refractivity contribution is 7.10. The number of nitrogens with zero attached hydrogens (tertiary/aromatic N) is 2. The van der Waals surface area contributed by atoms with Crippen molar-refractivity contribution in [2.24, 2.45) is 5.92 Å². The van der Waals surface area contributed by atoms with Crippen LogP contribution in [0.15, 0.2) is 11.4 Å². The van der Waals surface area contributed by atoms with Gasteiger partial charge in [0.05, 0.1) is 6.54 Å². The van der Waals surface area contributed by atoms with Gasteiger partial charge >= 0.3 is 0 Å². The third-order valence-corrected chi connectivity index (χ3v) is 6.52. The van der Waals surface area contributed by atoms with Gasteiger partial charge in [0.2, 0.25) is 5.91 Å². The molecule has 2 fully saturated rings. The van der Waals surface area contributed by atoms with Crippen molar-refractivity contribution in [3.8, 4) is 0 Å². The van der Waals surface area contributed by atoms with Gasteiger partial charge in [0, 0.05) is 37.1 Å². The Labute approximate surface area is 142 Å². The lowest BCUT2D eigenvalue weighted by atomic mass is 10.0. The van der Waals surface area contributed by atoms with Crippen LogP contribution in [-0.2, 0) is 17.8 Å². The Bertz CT molecular complexity index is 546. The van der Waals surface area contributed by atoms with E-state index in [0.29, 0.717) is 18.5 Å². The van der Waals surface area contributed by atoms with Crippen LogP contribution in [0.1, 0.15) is 36.1 Å². The highest BCUT2D eigenvalue weighted by Gasteiger charge is 2.27. The Hall–Kier alpha value is -0.910. The van der Waals surface area contributed by atoms with E-state index in [-0.39, 0.29) is 0 Å². The van der Waals surface area contributed by atoms with E-state index in [9.17, 15) is 4.79 Å². The summed E-state index contributed by atoms with van der Waals surface area (Å²) in [6, 6.07) is 2.85. The number of fused-ring (bicyclic) bond motifs is 1. The maximum absolute atomic E-state index is 12.6. The van der Waals surface area contributed by atoms with E-state index >= 15 is 0 Å². The fourth-order valence-corrected chi connectivity index (χ4v) is 4.59. The Kier molecular flexibility index (Phi) is 4.69. The quantitative estimate of drug-likeness (QED) is 0.896. The lowest BCUT2D eigenvalue weighted by molar-refractivity contribution is -0.133. The summed E-state index contributed by atoms with van der Waals surface area (Å²) in [5.74, 6) is 1.27. The first-order valence-electron chi connectivity index (χ1n) is 9.06. The average molecular weight is 334 g/mol. The van der Waals surface area contributed by atoms with E-state index in [2.05, 4.69) is 21.7 Å². The summed E-state index contributed by atoms with van der Waals surface area (Å²) in [6.07, 6.45) is 6.25. The lowest BCUT2D eigenvalue weighted by Gasteiger charge is -2.34. The molecule has 5 heteroatoms. The van der Waals surface area contributed by atoms with Gasteiger partial charge < -0.3 is 10.2 Å². The smallest absolute Gasteiger partial charge is 0.237 e. The van der Waals surface area contributed by atoms with Crippen LogP contribution in [0.5, 0.6) is 0 Å². The summed E-state index contributed by atoms with van der Waals surface area (Å²) in [6.45, 7) is 5.65. The Balaban J connectivity index is 1.21. The van der Waals surface area contributed by atoms with Crippen LogP contribution in [0.2, 0.25) is 0 Å². The first kappa shape index (κ1) is 15.6. The third kappa shape index (κ3) is 3.95. The minimum absolute atomic E-state index is 0.311. The molecule has 4 nitrogen and oxygen atoms in total. The SMILES string of the molecule is O=C(CN1CCC(NCC2CC2)CC1)N1CCc2sccc2C1. The number of amides is 1. The first-order valence-corrected chi connectivity index (χ1v) is 9.94. The van der Waals surface area contributed by atoms with Gasteiger partial charge in [-0.05, 0) is 61.6 Å². The molecular weight excluding hydrogens is 306 g/mol. The van der Waals surface area contributed by atoms with Gasteiger partial charge in [-0.3, -0.25) is 9.69 Å². The average Bonchev–Trinajstić information content (AvgIpc) is 3.29. The summed E-state index contributed by atoms with van der Waals surface area (Å²) in [5.41, 5.74) is 1.36. The molecule has 1 saturated carbocycles. The molecule has 1 aromatic rings. The van der Waals surface area contributed by atoms with Crippen LogP contribution >= 0.6 is 11.3 Å². The third-order valence-electron chi connectivity index (χ3n) is 5.50. The van der Waals surface area contributed by atoms with E-state index < -0.39 is 0 Å². The molecule has 1 aliphatic carbocycles. The summed E-state index contributed by atoms with van der Waals surface area (Å²) in [7, 11) is 0. The number of thiophene rings is 1. The van der Waals surface area contributed by atoms with Crippen LogP contribution in [0.25, 0.3) is 0 Å². The molecule has 0 radical (unpaired) electrons. The Morgan fingerprint density at radius 2 is 2.04 bits per heavy atom. The fourth-order valence-electron chi connectivity index (χ4n) is 3.70. The van der Waals surface area contributed by atoms with Crippen molar-refractivity contribution in [1.82, 2.24) is 15.1 Å². The Morgan fingerprint density at radius 1 is 1.22 bits per heavy atom. The maximum atomic E-state index is 12.6. The van der Waals surface area contributed by atoms with Crippen LogP contribution in [0, 0.1) is 5.92 Å². The van der Waals surface area contributed by atoms with Crippen LogP contribution in [0.3, 0.4) is 0 Å². The zero-order chi connectivity index (χ0) is 15.6. The second-order valence-corrected chi connectivity index (χ2v) is 8.34. The molecule has 0 bridgehead atoms. The monoisotopic (exact) mass is 333 g/mol. The molecule has 4 rings (SSSR count). The predicted octanol–water partition coefficient (Wildman–Crippen LogP) is 2.10. The molecule has 1 saturated heterocycles. The summed E-state index contributed by atoms with van der Waals surface area (Å²) >= 11 is 1.83. The fraction of sp³-hybridized carbons (Fsp3) is 0.722. The van der Waals surface area contributed by atoms with E-state index in [1.165, 1.54) is 42.7 Å². The summed E-state index contributed by atoms with van der Waals surface area (Å²) in [5, 5.41) is 5.86. The number of likely N-dealkylation sites (tertiary alicyclic amines) is 1. The molecule has 3 heterocycles. The van der Waals surface area contributed by atoms with Gasteiger partial charge in [-0.2, -0.15) is 0 Å². The van der Waals surface area contributed by atoms with Crippen molar-refractivity contribution >= 4 is 17.2 Å². The number of piperidine rings is 1. The van der Waals surface area contributed by atoms with Crippen molar-refractivity contribution in [3.05, 3.63) is 21.9 Å². The molecule has 0 aromatic carbocycles. The van der Waals surface area contributed by atoms with E-state index in [4.69, 9.17) is 0 Å². The summed E-state index contributed by atoms with van der Waals surface area (Å²) < 4.78 is 0. The van der Waals surface area contributed by atoms with Crippen molar-refractivity contribution in [1.29, 1.82) is 0 Å². The van der Waals surface area contributed by atoms with E-state index in [1.54, 1.807) is 0 Å². The first-order chi connectivity index (χ1) is 11.3. The Morgan fingerprint density at radius 3 is 2.83 bits per heavy atom. The van der Waals surface area contributed by atoms with E-state index in [1.807, 2.05) is 16.2 Å². The van der Waals surface area contributed by atoms with Gasteiger partial charge in [0.15, 0.2) is 0 Å². The normalized spacial score (nSPS) is 23.0. The molecule has 1 amide bonds. The highest BCUT2D eigenvalue weighted by atomic mass is 32.1. The second-order valence-electron chi connectivity index (χ2n) is 7.34. The number of rotatable bonds is 5. The molecule has 0 atom stereocenters. The van der Waals surface area contributed by atoms with Crippen molar-refractivity contribution in [3.63, 3.8) is 0 Å². The number of carbonyl (C=O) groups is 1. The highest BCUT2D eigenvalue weighted by Crippen LogP contribution is 2.28. The minimum Gasteiger partial charge on any atom is -0.337 e. The number of hydrogen-bond donors (Lipinski definition) is 1. The molecule has 2 aliphatic heterocycles. The zero-order valence-electron chi connectivity index (χ0n) is 13.8. The maximum Gasteiger partial charge on any atom is 0.237 e. The standard InChI is InChI=1S/C18H27N3OS/c22-18(21-9-5-17-15(12-21)6-10-23-17)13-20-7-3-16(4-8-20)19-11-14-1-2-14/h6,10,14,16,19H,1-5,7-9,11-13H2. The number of hydrogen-bond acceptors (Lipinski definition) is 4. The van der Waals surface area contributed by atoms with E-state index in [0.717, 1.165) is 38.5 Å². The molecule has 0 spiro atoms. The molecule has 3 aliphatic rings. The molecule has 1 N–H and O–H groups in total. The van der Waals surface area contributed by atoms with Crippen LogP contribution < -0.4 is 5.32 Å². The predicted molar refractivity (Wildman–Crippen MR) is 93.6 cm³/mol. The number of nitrogens with one attached hydrogen (secondary N) is 1. The molecule has 0 unspecified atom stereocenters. The zero-order valence-corrected chi connectivity index (χ0v) is 14.6. The topological polar surface area (TPSA) is 35.6 Å². The largest absolute Gasteiger partial charge is 0.337 e. The van der Waals surface area contributed by atoms with Crippen LogP contribution in [-0.4, -0.2) is 54.5 Å². The molecule has 126 valence electrons. The van der Waals surface area contributed by atoms with Gasteiger partial charge in [-0.1, -0.05) is 0 Å². The van der Waals surface area contributed by atoms with Crippen LogP contribution in [0.4, 0.5) is 0 Å². The second kappa shape index (κ2) is 6.91. The molecular formula is C18H27N3OS.